The van der Waals surface area contributed by atoms with Gasteiger partial charge in [0.2, 0.25) is 5.89 Å². The Labute approximate surface area is 166 Å². The molecule has 0 fully saturated rings. The van der Waals surface area contributed by atoms with Gasteiger partial charge in [-0.15, -0.1) is 0 Å². The molecule has 4 aromatic rings. The van der Waals surface area contributed by atoms with E-state index in [2.05, 4.69) is 16.9 Å². The van der Waals surface area contributed by atoms with Crippen LogP contribution in [0.5, 0.6) is 5.75 Å². The highest BCUT2D eigenvalue weighted by molar-refractivity contribution is 5.87. The fourth-order valence-electron chi connectivity index (χ4n) is 2.90. The van der Waals surface area contributed by atoms with Crippen LogP contribution in [0, 0.1) is 10.1 Å². The number of non-ortho nitro benzene ring substituents is 1. The summed E-state index contributed by atoms with van der Waals surface area (Å²) in [6.07, 6.45) is 2.35. The van der Waals surface area contributed by atoms with Crippen LogP contribution in [0.3, 0.4) is 0 Å². The lowest BCUT2D eigenvalue weighted by Crippen LogP contribution is -1.90. The molecule has 0 aliphatic rings. The van der Waals surface area contributed by atoms with E-state index in [1.165, 1.54) is 30.0 Å². The second-order valence-corrected chi connectivity index (χ2v) is 6.48. The first-order valence-corrected chi connectivity index (χ1v) is 9.05. The number of oxazole rings is 1. The number of rotatable bonds is 5. The van der Waals surface area contributed by atoms with Crippen molar-refractivity contribution in [2.24, 2.45) is 4.99 Å². The van der Waals surface area contributed by atoms with Gasteiger partial charge in [-0.25, -0.2) is 4.98 Å². The van der Waals surface area contributed by atoms with Crippen molar-refractivity contribution < 1.29 is 14.4 Å². The van der Waals surface area contributed by atoms with E-state index in [0.717, 1.165) is 12.0 Å². The summed E-state index contributed by atoms with van der Waals surface area (Å²) in [7, 11) is 0. The molecule has 0 aliphatic carbocycles. The minimum atomic E-state index is -0.522. The summed E-state index contributed by atoms with van der Waals surface area (Å²) in [5.41, 5.74) is 4.14. The molecule has 1 heterocycles. The number of aliphatic imine (C=N–C) groups is 1. The minimum absolute atomic E-state index is 0.0853. The number of hydrogen-bond donors (Lipinski definition) is 1. The fourth-order valence-corrected chi connectivity index (χ4v) is 2.90. The Hall–Kier alpha value is -4.00. The van der Waals surface area contributed by atoms with Gasteiger partial charge in [-0.2, -0.15) is 0 Å². The molecule has 0 bridgehead atoms. The molecule has 29 heavy (non-hydrogen) atoms. The number of nitro groups is 1. The number of aromatic hydroxyl groups is 1. The van der Waals surface area contributed by atoms with Gasteiger partial charge in [0.1, 0.15) is 11.3 Å². The molecule has 0 spiro atoms. The predicted molar refractivity (Wildman–Crippen MR) is 111 cm³/mol. The zero-order valence-corrected chi connectivity index (χ0v) is 15.6. The molecule has 144 valence electrons. The number of phenols is 1. The Morgan fingerprint density at radius 1 is 1.14 bits per heavy atom. The minimum Gasteiger partial charge on any atom is -0.507 e. The number of hydrogen-bond acceptors (Lipinski definition) is 6. The first-order chi connectivity index (χ1) is 14.0. The van der Waals surface area contributed by atoms with E-state index in [1.54, 1.807) is 18.2 Å². The second-order valence-electron chi connectivity index (χ2n) is 6.48. The van der Waals surface area contributed by atoms with E-state index >= 15 is 0 Å². The highest BCUT2D eigenvalue weighted by atomic mass is 16.6. The molecule has 7 nitrogen and oxygen atoms in total. The lowest BCUT2D eigenvalue weighted by molar-refractivity contribution is -0.384. The number of aryl methyl sites for hydroxylation is 1. The van der Waals surface area contributed by atoms with Crippen molar-refractivity contribution in [2.45, 2.75) is 13.3 Å². The van der Waals surface area contributed by atoms with E-state index < -0.39 is 4.92 Å². The number of nitro benzene ring substituents is 1. The summed E-state index contributed by atoms with van der Waals surface area (Å²) in [5, 5.41) is 20.8. The molecule has 3 aromatic carbocycles. The van der Waals surface area contributed by atoms with Crippen molar-refractivity contribution in [3.05, 3.63) is 81.9 Å². The first kappa shape index (κ1) is 18.4. The molecule has 7 heteroatoms. The normalized spacial score (nSPS) is 11.3. The van der Waals surface area contributed by atoms with Crippen molar-refractivity contribution >= 4 is 28.7 Å². The van der Waals surface area contributed by atoms with Gasteiger partial charge in [0, 0.05) is 35.5 Å². The Morgan fingerprint density at radius 2 is 1.93 bits per heavy atom. The summed E-state index contributed by atoms with van der Waals surface area (Å²) >= 11 is 0. The van der Waals surface area contributed by atoms with Gasteiger partial charge in [-0.3, -0.25) is 15.1 Å². The number of aromatic nitrogens is 1. The maximum Gasteiger partial charge on any atom is 0.270 e. The lowest BCUT2D eigenvalue weighted by atomic mass is 10.1. The number of benzene rings is 3. The van der Waals surface area contributed by atoms with E-state index in [-0.39, 0.29) is 17.0 Å². The average molecular weight is 387 g/mol. The Balaban J connectivity index is 1.63. The second kappa shape index (κ2) is 7.55. The Morgan fingerprint density at radius 3 is 2.66 bits per heavy atom. The quantitative estimate of drug-likeness (QED) is 0.280. The zero-order chi connectivity index (χ0) is 20.4. The number of phenolic OH excluding ortho intramolecular Hbond substituents is 1. The topological polar surface area (TPSA) is 102 Å². The zero-order valence-electron chi connectivity index (χ0n) is 15.6. The van der Waals surface area contributed by atoms with Gasteiger partial charge in [0.25, 0.3) is 5.69 Å². The van der Waals surface area contributed by atoms with Crippen LogP contribution in [0.4, 0.5) is 11.4 Å². The summed E-state index contributed by atoms with van der Waals surface area (Å²) in [5.74, 6) is 0.443. The van der Waals surface area contributed by atoms with Crippen molar-refractivity contribution in [3.63, 3.8) is 0 Å². The van der Waals surface area contributed by atoms with E-state index in [9.17, 15) is 15.2 Å². The highest BCUT2D eigenvalue weighted by Gasteiger charge is 2.10. The Bertz CT molecular complexity index is 1230. The molecule has 0 radical (unpaired) electrons. The molecule has 0 aliphatic heterocycles. The molecule has 0 unspecified atom stereocenters. The van der Waals surface area contributed by atoms with Crippen LogP contribution in [0.1, 0.15) is 18.1 Å². The van der Waals surface area contributed by atoms with Crippen LogP contribution in [0.2, 0.25) is 0 Å². The molecule has 0 atom stereocenters. The summed E-state index contributed by atoms with van der Waals surface area (Å²) in [6.45, 7) is 2.10. The SMILES string of the molecule is CCc1ccc(-c2nc3ccc(N=Cc4cc([N+](=O)[O-])ccc4O)cc3o2)cc1. The average Bonchev–Trinajstić information content (AvgIpc) is 3.16. The van der Waals surface area contributed by atoms with E-state index in [4.69, 9.17) is 4.42 Å². The molecule has 0 amide bonds. The van der Waals surface area contributed by atoms with Crippen LogP contribution >= 0.6 is 0 Å². The summed E-state index contributed by atoms with van der Waals surface area (Å²) in [6, 6.07) is 17.1. The van der Waals surface area contributed by atoms with Gasteiger partial charge >= 0.3 is 0 Å². The number of nitrogens with zero attached hydrogens (tertiary/aromatic N) is 3. The molecular formula is C22H17N3O4. The molecule has 0 saturated heterocycles. The van der Waals surface area contributed by atoms with Gasteiger partial charge in [0.05, 0.1) is 10.6 Å². The third-order valence-corrected chi connectivity index (χ3v) is 4.56. The van der Waals surface area contributed by atoms with Crippen molar-refractivity contribution in [2.75, 3.05) is 0 Å². The predicted octanol–water partition coefficient (Wildman–Crippen LogP) is 5.42. The molecular weight excluding hydrogens is 370 g/mol. The molecule has 1 aromatic heterocycles. The number of fused-ring (bicyclic) bond motifs is 1. The van der Waals surface area contributed by atoms with Gasteiger partial charge in [-0.05, 0) is 42.3 Å². The van der Waals surface area contributed by atoms with Crippen LogP contribution in [0.25, 0.3) is 22.6 Å². The van der Waals surface area contributed by atoms with Crippen LogP contribution in [0.15, 0.2) is 70.1 Å². The van der Waals surface area contributed by atoms with Crippen molar-refractivity contribution in [1.82, 2.24) is 4.98 Å². The smallest absolute Gasteiger partial charge is 0.270 e. The standard InChI is InChI=1S/C22H17N3O4/c1-2-14-3-5-15(6-4-14)22-24-19-9-7-17(12-21(19)29-22)23-13-16-11-18(25(27)28)8-10-20(16)26/h3-13,26H,2H2,1H3. The first-order valence-electron chi connectivity index (χ1n) is 9.05. The maximum absolute atomic E-state index is 10.9. The molecule has 0 saturated carbocycles. The lowest BCUT2D eigenvalue weighted by Gasteiger charge is -1.99. The summed E-state index contributed by atoms with van der Waals surface area (Å²) < 4.78 is 5.87. The van der Waals surface area contributed by atoms with E-state index in [1.807, 2.05) is 24.3 Å². The third-order valence-electron chi connectivity index (χ3n) is 4.56. The Kier molecular flexibility index (Phi) is 4.78. The largest absolute Gasteiger partial charge is 0.507 e. The van der Waals surface area contributed by atoms with Crippen LogP contribution < -0.4 is 0 Å². The van der Waals surface area contributed by atoms with Crippen LogP contribution in [-0.4, -0.2) is 21.2 Å². The molecule has 1 N–H and O–H groups in total. The van der Waals surface area contributed by atoms with Gasteiger partial charge in [-0.1, -0.05) is 19.1 Å². The summed E-state index contributed by atoms with van der Waals surface area (Å²) in [4.78, 5) is 19.2. The fraction of sp³-hybridized carbons (Fsp3) is 0.0909. The monoisotopic (exact) mass is 387 g/mol. The van der Waals surface area contributed by atoms with Crippen LogP contribution in [-0.2, 0) is 6.42 Å². The van der Waals surface area contributed by atoms with Crippen molar-refractivity contribution in [1.29, 1.82) is 0 Å². The van der Waals surface area contributed by atoms with Crippen molar-refractivity contribution in [3.8, 4) is 17.2 Å². The van der Waals surface area contributed by atoms with Gasteiger partial charge in [0.15, 0.2) is 5.58 Å². The van der Waals surface area contributed by atoms with E-state index in [0.29, 0.717) is 22.7 Å². The molecule has 4 rings (SSSR count). The maximum atomic E-state index is 10.9. The third kappa shape index (κ3) is 3.84. The van der Waals surface area contributed by atoms with Gasteiger partial charge < -0.3 is 9.52 Å². The highest BCUT2D eigenvalue weighted by Crippen LogP contribution is 2.28.